The molecule has 0 aliphatic carbocycles. The second kappa shape index (κ2) is 11.3. The van der Waals surface area contributed by atoms with Gasteiger partial charge in [0.1, 0.15) is 6.54 Å². The number of nitrogens with zero attached hydrogens (tertiary/aromatic N) is 2. The van der Waals surface area contributed by atoms with Gasteiger partial charge in [-0.05, 0) is 25.8 Å². The molecule has 0 aromatic carbocycles. The van der Waals surface area contributed by atoms with Gasteiger partial charge in [-0.1, -0.05) is 57.0 Å². The summed E-state index contributed by atoms with van der Waals surface area (Å²) in [6.45, 7) is 5.30. The summed E-state index contributed by atoms with van der Waals surface area (Å²) in [4.78, 5) is 0. The van der Waals surface area contributed by atoms with Crippen LogP contribution in [0.4, 0.5) is 0 Å². The van der Waals surface area contributed by atoms with Gasteiger partial charge in [0.05, 0.1) is 11.3 Å². The molecule has 0 aliphatic rings. The molecule has 0 amide bonds. The molecule has 0 saturated carbocycles. The van der Waals surface area contributed by atoms with E-state index in [2.05, 4.69) is 29.8 Å². The van der Waals surface area contributed by atoms with E-state index in [0.29, 0.717) is 0 Å². The Hall–Kier alpha value is -1.38. The van der Waals surface area contributed by atoms with Gasteiger partial charge in [0.25, 0.3) is 0 Å². The van der Waals surface area contributed by atoms with Crippen molar-refractivity contribution in [1.82, 2.24) is 0 Å². The number of unbranched alkanes of at least 4 members (excludes halogenated alkanes) is 7. The van der Waals surface area contributed by atoms with Gasteiger partial charge in [0.15, 0.2) is 12.4 Å². The van der Waals surface area contributed by atoms with Gasteiger partial charge in [-0.3, -0.25) is 0 Å². The van der Waals surface area contributed by atoms with Crippen molar-refractivity contribution in [3.63, 3.8) is 0 Å². The van der Waals surface area contributed by atoms with Gasteiger partial charge < -0.3 is 5.21 Å². The van der Waals surface area contributed by atoms with Crippen LogP contribution in [0.2, 0.25) is 0 Å². The number of aromatic nitrogens is 1. The van der Waals surface area contributed by atoms with Crippen molar-refractivity contribution >= 4 is 5.71 Å². The first kappa shape index (κ1) is 17.7. The lowest BCUT2D eigenvalue weighted by Crippen LogP contribution is -2.32. The summed E-state index contributed by atoms with van der Waals surface area (Å²) in [5.41, 5.74) is 1.84. The van der Waals surface area contributed by atoms with E-state index < -0.39 is 0 Å². The van der Waals surface area contributed by atoms with Crippen molar-refractivity contribution in [3.05, 3.63) is 30.1 Å². The monoisotopic (exact) mass is 291 g/mol. The Morgan fingerprint density at radius 3 is 2.33 bits per heavy atom. The quantitative estimate of drug-likeness (QED) is 0.207. The molecule has 118 valence electrons. The molecule has 21 heavy (non-hydrogen) atoms. The van der Waals surface area contributed by atoms with E-state index in [4.69, 9.17) is 0 Å². The Kier molecular flexibility index (Phi) is 9.51. The van der Waals surface area contributed by atoms with Gasteiger partial charge in [-0.15, -0.1) is 0 Å². The van der Waals surface area contributed by atoms with Crippen LogP contribution in [0.3, 0.4) is 0 Å². The van der Waals surface area contributed by atoms with Crippen molar-refractivity contribution in [3.8, 4) is 0 Å². The highest BCUT2D eigenvalue weighted by atomic mass is 16.4. The number of rotatable bonds is 11. The summed E-state index contributed by atoms with van der Waals surface area (Å²) >= 11 is 0. The molecule has 0 bridgehead atoms. The molecular formula is C18H31N2O+. The summed E-state index contributed by atoms with van der Waals surface area (Å²) in [5, 5.41) is 12.7. The van der Waals surface area contributed by atoms with E-state index in [9.17, 15) is 5.21 Å². The topological polar surface area (TPSA) is 36.5 Å². The smallest absolute Gasteiger partial charge is 0.177 e. The lowest BCUT2D eigenvalue weighted by molar-refractivity contribution is -0.693. The fourth-order valence-electron chi connectivity index (χ4n) is 2.57. The van der Waals surface area contributed by atoms with Gasteiger partial charge in [0.2, 0.25) is 0 Å². The highest BCUT2D eigenvalue weighted by Crippen LogP contribution is 2.12. The molecule has 1 N–H and O–H groups in total. The average Bonchev–Trinajstić information content (AvgIpc) is 2.53. The summed E-state index contributed by atoms with van der Waals surface area (Å²) in [6, 6.07) is 4.03. The molecule has 1 aromatic rings. The van der Waals surface area contributed by atoms with Crippen LogP contribution in [0, 0.1) is 0 Å². The first-order chi connectivity index (χ1) is 10.3. The van der Waals surface area contributed by atoms with Crippen LogP contribution < -0.4 is 4.57 Å². The van der Waals surface area contributed by atoms with Gasteiger partial charge in [0, 0.05) is 6.07 Å². The zero-order valence-electron chi connectivity index (χ0n) is 13.7. The minimum Gasteiger partial charge on any atom is -0.411 e. The average molecular weight is 291 g/mol. The minimum absolute atomic E-state index is 0.809. The number of aryl methyl sites for hydroxylation is 1. The SMILES string of the molecule is CCCCCCCCCC/C(=N/O)c1ccc[n+](CC)c1. The first-order valence-electron chi connectivity index (χ1n) is 8.52. The Bertz CT molecular complexity index is 415. The maximum absolute atomic E-state index is 9.22. The molecule has 1 aromatic heterocycles. The zero-order chi connectivity index (χ0) is 15.3. The van der Waals surface area contributed by atoms with Crippen molar-refractivity contribution in [1.29, 1.82) is 0 Å². The van der Waals surface area contributed by atoms with E-state index in [1.165, 1.54) is 44.9 Å². The molecule has 0 saturated heterocycles. The second-order valence-electron chi connectivity index (χ2n) is 5.69. The molecule has 0 spiro atoms. The molecule has 1 rings (SSSR count). The van der Waals surface area contributed by atoms with Crippen molar-refractivity contribution in [2.75, 3.05) is 0 Å². The molecule has 3 nitrogen and oxygen atoms in total. The highest BCUT2D eigenvalue weighted by molar-refractivity contribution is 5.99. The maximum atomic E-state index is 9.22. The fraction of sp³-hybridized carbons (Fsp3) is 0.667. The Labute approximate surface area is 129 Å². The molecule has 3 heteroatoms. The van der Waals surface area contributed by atoms with E-state index in [0.717, 1.165) is 30.7 Å². The van der Waals surface area contributed by atoms with Crippen molar-refractivity contribution in [2.45, 2.75) is 78.2 Å². The van der Waals surface area contributed by atoms with Crippen LogP contribution >= 0.6 is 0 Å². The Morgan fingerprint density at radius 1 is 1.05 bits per heavy atom. The Morgan fingerprint density at radius 2 is 1.71 bits per heavy atom. The molecular weight excluding hydrogens is 260 g/mol. The van der Waals surface area contributed by atoms with Crippen LogP contribution in [-0.2, 0) is 6.54 Å². The molecule has 0 fully saturated rings. The maximum Gasteiger partial charge on any atom is 0.177 e. The fourth-order valence-corrected chi connectivity index (χ4v) is 2.57. The number of hydrogen-bond acceptors (Lipinski definition) is 2. The van der Waals surface area contributed by atoms with Crippen LogP contribution in [-0.4, -0.2) is 10.9 Å². The van der Waals surface area contributed by atoms with E-state index in [-0.39, 0.29) is 0 Å². The summed E-state index contributed by atoms with van der Waals surface area (Å²) in [5.74, 6) is 0. The lowest BCUT2D eigenvalue weighted by Gasteiger charge is -2.04. The molecule has 0 radical (unpaired) electrons. The third-order valence-corrected chi connectivity index (χ3v) is 3.94. The summed E-state index contributed by atoms with van der Waals surface area (Å²) in [7, 11) is 0. The molecule has 0 unspecified atom stereocenters. The summed E-state index contributed by atoms with van der Waals surface area (Å²) in [6.07, 6.45) is 15.3. The van der Waals surface area contributed by atoms with Gasteiger partial charge in [-0.2, -0.15) is 0 Å². The number of hydrogen-bond donors (Lipinski definition) is 1. The highest BCUT2D eigenvalue weighted by Gasteiger charge is 2.08. The second-order valence-corrected chi connectivity index (χ2v) is 5.69. The van der Waals surface area contributed by atoms with Crippen LogP contribution in [0.25, 0.3) is 0 Å². The third-order valence-electron chi connectivity index (χ3n) is 3.94. The Balaban J connectivity index is 2.25. The largest absolute Gasteiger partial charge is 0.411 e. The van der Waals surface area contributed by atoms with E-state index in [1.54, 1.807) is 0 Å². The standard InChI is InChI=1S/C18H30N2O/c1-3-5-6-7-8-9-10-11-14-18(19-21)17-13-12-15-20(4-2)16-17/h12-13,15-16H,3-11,14H2,1-2H3/p+1/b19-18-. The number of oxime groups is 1. The minimum atomic E-state index is 0.809. The van der Waals surface area contributed by atoms with Gasteiger partial charge >= 0.3 is 0 Å². The zero-order valence-corrected chi connectivity index (χ0v) is 13.7. The van der Waals surface area contributed by atoms with E-state index in [1.807, 2.05) is 18.3 Å². The third kappa shape index (κ3) is 7.26. The van der Waals surface area contributed by atoms with Gasteiger partial charge in [-0.25, -0.2) is 4.57 Å². The number of pyridine rings is 1. The van der Waals surface area contributed by atoms with E-state index >= 15 is 0 Å². The summed E-state index contributed by atoms with van der Waals surface area (Å²) < 4.78 is 2.11. The lowest BCUT2D eigenvalue weighted by atomic mass is 10.0. The molecule has 1 heterocycles. The predicted molar refractivity (Wildman–Crippen MR) is 87.9 cm³/mol. The van der Waals surface area contributed by atoms with Crippen molar-refractivity contribution < 1.29 is 9.77 Å². The van der Waals surface area contributed by atoms with Crippen LogP contribution in [0.1, 0.15) is 77.2 Å². The molecule has 0 aliphatic heterocycles. The van der Waals surface area contributed by atoms with Crippen LogP contribution in [0.15, 0.2) is 29.7 Å². The first-order valence-corrected chi connectivity index (χ1v) is 8.52. The van der Waals surface area contributed by atoms with Crippen LogP contribution in [0.5, 0.6) is 0 Å². The van der Waals surface area contributed by atoms with Crippen molar-refractivity contribution in [2.24, 2.45) is 5.16 Å². The molecule has 0 atom stereocenters. The normalized spacial score (nSPS) is 11.8. The predicted octanol–water partition coefficient (Wildman–Crippen LogP) is 4.70.